The first-order chi connectivity index (χ1) is 10.3. The molecule has 0 bridgehead atoms. The summed E-state index contributed by atoms with van der Waals surface area (Å²) in [4.78, 5) is 16.9. The molecule has 0 aliphatic heterocycles. The molecular formula is C14H13N5OS. The zero-order valence-corrected chi connectivity index (χ0v) is 11.9. The van der Waals surface area contributed by atoms with Crippen LogP contribution >= 0.6 is 11.3 Å². The molecule has 0 fully saturated rings. The summed E-state index contributed by atoms with van der Waals surface area (Å²) in [6.07, 6.45) is 3.37. The molecule has 7 heteroatoms. The number of pyridine rings is 1. The smallest absolute Gasteiger partial charge is 0.156 e. The van der Waals surface area contributed by atoms with Crippen LogP contribution in [-0.2, 0) is 13.2 Å². The van der Waals surface area contributed by atoms with Gasteiger partial charge in [0, 0.05) is 17.8 Å². The molecule has 0 spiro atoms. The highest BCUT2D eigenvalue weighted by Crippen LogP contribution is 2.20. The van der Waals surface area contributed by atoms with Crippen LogP contribution in [0, 0.1) is 0 Å². The molecule has 0 aliphatic carbocycles. The molecule has 6 nitrogen and oxygen atoms in total. The van der Waals surface area contributed by atoms with Gasteiger partial charge in [0.15, 0.2) is 5.82 Å². The van der Waals surface area contributed by atoms with Gasteiger partial charge in [0.1, 0.15) is 17.4 Å². The van der Waals surface area contributed by atoms with Crippen molar-refractivity contribution in [1.82, 2.24) is 19.9 Å². The molecular weight excluding hydrogens is 286 g/mol. The zero-order valence-electron chi connectivity index (χ0n) is 11.1. The SMILES string of the molecule is OCc1nccc(NCc2nc(-c3ccccn3)cs2)n1. The van der Waals surface area contributed by atoms with E-state index in [9.17, 15) is 0 Å². The van der Waals surface area contributed by atoms with E-state index in [4.69, 9.17) is 5.11 Å². The molecule has 3 aromatic heterocycles. The fourth-order valence-electron chi connectivity index (χ4n) is 1.76. The van der Waals surface area contributed by atoms with Gasteiger partial charge >= 0.3 is 0 Å². The lowest BCUT2D eigenvalue weighted by Crippen LogP contribution is -2.03. The van der Waals surface area contributed by atoms with Crippen molar-refractivity contribution in [2.45, 2.75) is 13.2 Å². The number of aromatic nitrogens is 4. The molecule has 0 radical (unpaired) electrons. The number of aliphatic hydroxyl groups excluding tert-OH is 1. The van der Waals surface area contributed by atoms with E-state index >= 15 is 0 Å². The van der Waals surface area contributed by atoms with E-state index in [1.165, 1.54) is 0 Å². The standard InChI is InChI=1S/C14H13N5OS/c20-8-13-16-6-4-12(19-13)17-7-14-18-11(9-21-14)10-3-1-2-5-15-10/h1-6,9,20H,7-8H2,(H,16,17,19). The van der Waals surface area contributed by atoms with Crippen LogP contribution < -0.4 is 5.32 Å². The molecule has 106 valence electrons. The Balaban J connectivity index is 1.67. The second kappa shape index (κ2) is 6.38. The Kier molecular flexibility index (Phi) is 4.13. The zero-order chi connectivity index (χ0) is 14.5. The third-order valence-corrected chi connectivity index (χ3v) is 3.60. The summed E-state index contributed by atoms with van der Waals surface area (Å²) in [6, 6.07) is 7.51. The Morgan fingerprint density at radius 2 is 2.00 bits per heavy atom. The predicted octanol–water partition coefficient (Wildman–Crippen LogP) is 2.10. The average Bonchev–Trinajstić information content (AvgIpc) is 3.03. The topological polar surface area (TPSA) is 83.8 Å². The molecule has 0 unspecified atom stereocenters. The summed E-state index contributed by atoms with van der Waals surface area (Å²) in [6.45, 7) is 0.399. The maximum atomic E-state index is 9.01. The summed E-state index contributed by atoms with van der Waals surface area (Å²) in [7, 11) is 0. The van der Waals surface area contributed by atoms with Crippen LogP contribution in [0.15, 0.2) is 42.0 Å². The van der Waals surface area contributed by atoms with Crippen LogP contribution in [0.4, 0.5) is 5.82 Å². The van der Waals surface area contributed by atoms with Gasteiger partial charge in [-0.2, -0.15) is 0 Å². The Bertz CT molecular complexity index is 716. The largest absolute Gasteiger partial charge is 0.388 e. The summed E-state index contributed by atoms with van der Waals surface area (Å²) in [5.41, 5.74) is 1.74. The van der Waals surface area contributed by atoms with Gasteiger partial charge in [-0.15, -0.1) is 11.3 Å². The lowest BCUT2D eigenvalue weighted by Gasteiger charge is -2.03. The van der Waals surface area contributed by atoms with Gasteiger partial charge in [-0.05, 0) is 18.2 Å². The summed E-state index contributed by atoms with van der Waals surface area (Å²) < 4.78 is 0. The van der Waals surface area contributed by atoms with Gasteiger partial charge in [0.2, 0.25) is 0 Å². The van der Waals surface area contributed by atoms with Crippen molar-refractivity contribution in [1.29, 1.82) is 0 Å². The van der Waals surface area contributed by atoms with Gasteiger partial charge in [-0.3, -0.25) is 4.98 Å². The number of thiazole rings is 1. The fourth-order valence-corrected chi connectivity index (χ4v) is 2.49. The number of nitrogens with zero attached hydrogens (tertiary/aromatic N) is 4. The lowest BCUT2D eigenvalue weighted by molar-refractivity contribution is 0.271. The van der Waals surface area contributed by atoms with Crippen molar-refractivity contribution in [3.8, 4) is 11.4 Å². The molecule has 3 aromatic rings. The van der Waals surface area contributed by atoms with Crippen LogP contribution in [0.3, 0.4) is 0 Å². The Hall–Kier alpha value is -2.38. The van der Waals surface area contributed by atoms with E-state index in [2.05, 4.69) is 25.3 Å². The number of anilines is 1. The molecule has 0 saturated carbocycles. The molecule has 0 aromatic carbocycles. The maximum absolute atomic E-state index is 9.01. The normalized spacial score (nSPS) is 10.5. The van der Waals surface area contributed by atoms with Crippen LogP contribution in [0.2, 0.25) is 0 Å². The first-order valence-electron chi connectivity index (χ1n) is 6.37. The maximum Gasteiger partial charge on any atom is 0.156 e. The third kappa shape index (κ3) is 3.39. The van der Waals surface area contributed by atoms with E-state index in [1.54, 1.807) is 29.8 Å². The fraction of sp³-hybridized carbons (Fsp3) is 0.143. The van der Waals surface area contributed by atoms with E-state index in [0.717, 1.165) is 16.4 Å². The molecule has 21 heavy (non-hydrogen) atoms. The van der Waals surface area contributed by atoms with Gasteiger partial charge in [-0.1, -0.05) is 6.07 Å². The van der Waals surface area contributed by atoms with Crippen LogP contribution in [-0.4, -0.2) is 25.0 Å². The highest BCUT2D eigenvalue weighted by atomic mass is 32.1. The quantitative estimate of drug-likeness (QED) is 0.750. The van der Waals surface area contributed by atoms with Crippen LogP contribution in [0.1, 0.15) is 10.8 Å². The number of rotatable bonds is 5. The second-order valence-corrected chi connectivity index (χ2v) is 5.15. The van der Waals surface area contributed by atoms with Crippen molar-refractivity contribution in [2.24, 2.45) is 0 Å². The monoisotopic (exact) mass is 299 g/mol. The highest BCUT2D eigenvalue weighted by Gasteiger charge is 2.05. The Labute approximate surface area is 125 Å². The van der Waals surface area contributed by atoms with E-state index in [-0.39, 0.29) is 6.61 Å². The molecule has 2 N–H and O–H groups in total. The first-order valence-corrected chi connectivity index (χ1v) is 7.25. The van der Waals surface area contributed by atoms with E-state index in [1.807, 2.05) is 23.6 Å². The van der Waals surface area contributed by atoms with Gasteiger partial charge < -0.3 is 10.4 Å². The van der Waals surface area contributed by atoms with Gasteiger partial charge in [-0.25, -0.2) is 15.0 Å². The first kappa shape index (κ1) is 13.6. The number of hydrogen-bond acceptors (Lipinski definition) is 7. The van der Waals surface area contributed by atoms with E-state index < -0.39 is 0 Å². The minimum atomic E-state index is -0.170. The molecule has 0 aliphatic rings. The average molecular weight is 299 g/mol. The minimum absolute atomic E-state index is 0.170. The summed E-state index contributed by atoms with van der Waals surface area (Å²) in [5.74, 6) is 1.07. The second-order valence-electron chi connectivity index (χ2n) is 4.21. The van der Waals surface area contributed by atoms with E-state index in [0.29, 0.717) is 18.2 Å². The minimum Gasteiger partial charge on any atom is -0.388 e. The van der Waals surface area contributed by atoms with Gasteiger partial charge in [0.05, 0.1) is 17.9 Å². The van der Waals surface area contributed by atoms with Crippen molar-refractivity contribution in [3.05, 3.63) is 52.9 Å². The van der Waals surface area contributed by atoms with Crippen molar-refractivity contribution in [2.75, 3.05) is 5.32 Å². The van der Waals surface area contributed by atoms with Gasteiger partial charge in [0.25, 0.3) is 0 Å². The summed E-state index contributed by atoms with van der Waals surface area (Å²) in [5, 5.41) is 15.1. The Morgan fingerprint density at radius 1 is 1.05 bits per heavy atom. The van der Waals surface area contributed by atoms with Crippen LogP contribution in [0.5, 0.6) is 0 Å². The molecule has 0 atom stereocenters. The number of nitrogens with one attached hydrogen (secondary N) is 1. The molecule has 0 amide bonds. The van der Waals surface area contributed by atoms with Crippen LogP contribution in [0.25, 0.3) is 11.4 Å². The third-order valence-electron chi connectivity index (χ3n) is 2.75. The highest BCUT2D eigenvalue weighted by molar-refractivity contribution is 7.09. The van der Waals surface area contributed by atoms with Crippen molar-refractivity contribution in [3.63, 3.8) is 0 Å². The van der Waals surface area contributed by atoms with Crippen molar-refractivity contribution >= 4 is 17.2 Å². The molecule has 3 heterocycles. The molecule has 0 saturated heterocycles. The summed E-state index contributed by atoms with van der Waals surface area (Å²) >= 11 is 1.57. The lowest BCUT2D eigenvalue weighted by atomic mass is 10.3. The van der Waals surface area contributed by atoms with Crippen molar-refractivity contribution < 1.29 is 5.11 Å². The predicted molar refractivity (Wildman–Crippen MR) is 80.6 cm³/mol. The number of hydrogen-bond donors (Lipinski definition) is 2. The molecule has 3 rings (SSSR count). The Morgan fingerprint density at radius 3 is 2.81 bits per heavy atom. The number of aliphatic hydroxyl groups is 1.